The van der Waals surface area contributed by atoms with Crippen LogP contribution in [0.2, 0.25) is 0 Å². The smallest absolute Gasteiger partial charge is 0.182 e. The summed E-state index contributed by atoms with van der Waals surface area (Å²) in [6.45, 7) is 6.14. The van der Waals surface area contributed by atoms with E-state index < -0.39 is 5.54 Å². The second kappa shape index (κ2) is 5.57. The number of fused-ring (bicyclic) bond motifs is 1. The first-order valence-electron chi connectivity index (χ1n) is 7.74. The Hall–Kier alpha value is -1.74. The standard InChI is InChI=1S/C18H22N2O/c1-18(2,20-11-4-3-5-12-20)17(21)15-8-9-16-14(13-15)7-6-10-19-16/h6-10,13H,3-5,11-12H2,1-2H3. The lowest BCUT2D eigenvalue weighted by Crippen LogP contribution is -2.52. The summed E-state index contributed by atoms with van der Waals surface area (Å²) >= 11 is 0. The van der Waals surface area contributed by atoms with Gasteiger partial charge >= 0.3 is 0 Å². The van der Waals surface area contributed by atoms with Crippen molar-refractivity contribution in [2.75, 3.05) is 13.1 Å². The molecular weight excluding hydrogens is 260 g/mol. The quantitative estimate of drug-likeness (QED) is 0.805. The predicted octanol–water partition coefficient (Wildman–Crippen LogP) is 3.68. The van der Waals surface area contributed by atoms with Crippen LogP contribution >= 0.6 is 0 Å². The molecule has 0 saturated carbocycles. The van der Waals surface area contributed by atoms with Crippen molar-refractivity contribution in [1.82, 2.24) is 9.88 Å². The molecule has 2 aromatic rings. The number of benzene rings is 1. The third-order valence-corrected chi connectivity index (χ3v) is 4.57. The van der Waals surface area contributed by atoms with Gasteiger partial charge in [-0.05, 0) is 64.0 Å². The Balaban J connectivity index is 1.91. The fourth-order valence-electron chi connectivity index (χ4n) is 3.17. The molecule has 2 heterocycles. The molecule has 1 aromatic carbocycles. The van der Waals surface area contributed by atoms with Gasteiger partial charge in [0.15, 0.2) is 5.78 Å². The van der Waals surface area contributed by atoms with Gasteiger partial charge in [-0.25, -0.2) is 0 Å². The van der Waals surface area contributed by atoms with Crippen molar-refractivity contribution in [2.45, 2.75) is 38.6 Å². The second-order valence-electron chi connectivity index (χ2n) is 6.35. The van der Waals surface area contributed by atoms with Crippen LogP contribution in [0.4, 0.5) is 0 Å². The zero-order chi connectivity index (χ0) is 14.9. The van der Waals surface area contributed by atoms with E-state index in [1.807, 2.05) is 44.2 Å². The number of Topliss-reactive ketones (excluding diaryl/α,β-unsaturated/α-hetero) is 1. The molecule has 1 saturated heterocycles. The molecule has 1 aliphatic rings. The fourth-order valence-corrected chi connectivity index (χ4v) is 3.17. The van der Waals surface area contributed by atoms with E-state index in [9.17, 15) is 4.79 Å². The molecule has 0 bridgehead atoms. The van der Waals surface area contributed by atoms with Gasteiger partial charge in [-0.3, -0.25) is 14.7 Å². The number of hydrogen-bond donors (Lipinski definition) is 0. The summed E-state index contributed by atoms with van der Waals surface area (Å²) in [6.07, 6.45) is 5.45. The molecule has 110 valence electrons. The summed E-state index contributed by atoms with van der Waals surface area (Å²) in [5.41, 5.74) is 1.28. The highest BCUT2D eigenvalue weighted by Gasteiger charge is 2.35. The van der Waals surface area contributed by atoms with Crippen LogP contribution in [0.1, 0.15) is 43.5 Å². The Labute approximate surface area is 126 Å². The average molecular weight is 282 g/mol. The molecule has 0 N–H and O–H groups in total. The fraction of sp³-hybridized carbons (Fsp3) is 0.444. The van der Waals surface area contributed by atoms with Crippen molar-refractivity contribution in [3.63, 3.8) is 0 Å². The number of likely N-dealkylation sites (tertiary alicyclic amines) is 1. The summed E-state index contributed by atoms with van der Waals surface area (Å²) in [5, 5.41) is 1.03. The second-order valence-corrected chi connectivity index (χ2v) is 6.35. The SMILES string of the molecule is CC(C)(C(=O)c1ccc2ncccc2c1)N1CCCCC1. The highest BCUT2D eigenvalue weighted by molar-refractivity contribution is 6.04. The normalized spacial score (nSPS) is 17.0. The minimum absolute atomic E-state index is 0.204. The van der Waals surface area contributed by atoms with E-state index in [2.05, 4.69) is 9.88 Å². The van der Waals surface area contributed by atoms with Gasteiger partial charge in [0.2, 0.25) is 0 Å². The summed E-state index contributed by atoms with van der Waals surface area (Å²) < 4.78 is 0. The van der Waals surface area contributed by atoms with Crippen LogP contribution in [-0.4, -0.2) is 34.3 Å². The van der Waals surface area contributed by atoms with Crippen LogP contribution in [0.25, 0.3) is 10.9 Å². The van der Waals surface area contributed by atoms with E-state index in [1.165, 1.54) is 19.3 Å². The first kappa shape index (κ1) is 14.2. The van der Waals surface area contributed by atoms with Gasteiger partial charge in [0.05, 0.1) is 11.1 Å². The van der Waals surface area contributed by atoms with Crippen LogP contribution in [0.5, 0.6) is 0 Å². The number of aromatic nitrogens is 1. The van der Waals surface area contributed by atoms with E-state index >= 15 is 0 Å². The maximum absolute atomic E-state index is 12.9. The Kier molecular flexibility index (Phi) is 3.77. The van der Waals surface area contributed by atoms with Crippen LogP contribution in [0.15, 0.2) is 36.5 Å². The summed E-state index contributed by atoms with van der Waals surface area (Å²) in [7, 11) is 0. The van der Waals surface area contributed by atoms with Gasteiger partial charge in [0, 0.05) is 17.1 Å². The van der Waals surface area contributed by atoms with Crippen molar-refractivity contribution in [1.29, 1.82) is 0 Å². The van der Waals surface area contributed by atoms with E-state index in [1.54, 1.807) is 6.20 Å². The number of ketones is 1. The van der Waals surface area contributed by atoms with Gasteiger partial charge in [0.25, 0.3) is 0 Å². The molecular formula is C18H22N2O. The van der Waals surface area contributed by atoms with Crippen molar-refractivity contribution in [3.05, 3.63) is 42.1 Å². The van der Waals surface area contributed by atoms with E-state index in [0.29, 0.717) is 0 Å². The maximum Gasteiger partial charge on any atom is 0.182 e. The minimum atomic E-state index is -0.434. The van der Waals surface area contributed by atoms with E-state index in [4.69, 9.17) is 0 Å². The first-order chi connectivity index (χ1) is 10.1. The van der Waals surface area contributed by atoms with Crippen molar-refractivity contribution in [2.24, 2.45) is 0 Å². The molecule has 3 nitrogen and oxygen atoms in total. The monoisotopic (exact) mass is 282 g/mol. The molecule has 0 unspecified atom stereocenters. The van der Waals surface area contributed by atoms with Gasteiger partial charge < -0.3 is 0 Å². The zero-order valence-electron chi connectivity index (χ0n) is 12.8. The molecule has 1 aromatic heterocycles. The lowest BCUT2D eigenvalue weighted by Gasteiger charge is -2.39. The Morgan fingerprint density at radius 3 is 2.67 bits per heavy atom. The number of pyridine rings is 1. The third kappa shape index (κ3) is 2.70. The number of piperidine rings is 1. The van der Waals surface area contributed by atoms with Gasteiger partial charge in [-0.15, -0.1) is 0 Å². The lowest BCUT2D eigenvalue weighted by atomic mass is 9.89. The number of carbonyl (C=O) groups is 1. The number of nitrogens with zero attached hydrogens (tertiary/aromatic N) is 2. The Morgan fingerprint density at radius 1 is 1.14 bits per heavy atom. The minimum Gasteiger partial charge on any atom is -0.292 e. The number of carbonyl (C=O) groups excluding carboxylic acids is 1. The third-order valence-electron chi connectivity index (χ3n) is 4.57. The number of rotatable bonds is 3. The van der Waals surface area contributed by atoms with Gasteiger partial charge in [0.1, 0.15) is 0 Å². The molecule has 1 fully saturated rings. The van der Waals surface area contributed by atoms with Gasteiger partial charge in [-0.1, -0.05) is 12.5 Å². The number of hydrogen-bond acceptors (Lipinski definition) is 3. The molecule has 1 aliphatic heterocycles. The zero-order valence-corrected chi connectivity index (χ0v) is 12.8. The van der Waals surface area contributed by atoms with E-state index in [-0.39, 0.29) is 5.78 Å². The topological polar surface area (TPSA) is 33.2 Å². The predicted molar refractivity (Wildman–Crippen MR) is 85.6 cm³/mol. The Bertz CT molecular complexity index is 657. The molecule has 0 aliphatic carbocycles. The largest absolute Gasteiger partial charge is 0.292 e. The molecule has 0 atom stereocenters. The van der Waals surface area contributed by atoms with Crippen molar-refractivity contribution >= 4 is 16.7 Å². The molecule has 21 heavy (non-hydrogen) atoms. The average Bonchev–Trinajstić information content (AvgIpc) is 2.54. The maximum atomic E-state index is 12.9. The van der Waals surface area contributed by atoms with Crippen LogP contribution < -0.4 is 0 Å². The highest BCUT2D eigenvalue weighted by Crippen LogP contribution is 2.25. The molecule has 3 rings (SSSR count). The van der Waals surface area contributed by atoms with Crippen molar-refractivity contribution in [3.8, 4) is 0 Å². The summed E-state index contributed by atoms with van der Waals surface area (Å²) in [5.74, 6) is 0.204. The van der Waals surface area contributed by atoms with Crippen LogP contribution in [-0.2, 0) is 0 Å². The molecule has 0 spiro atoms. The molecule has 3 heteroatoms. The molecule has 0 radical (unpaired) electrons. The van der Waals surface area contributed by atoms with Gasteiger partial charge in [-0.2, -0.15) is 0 Å². The molecule has 0 amide bonds. The highest BCUT2D eigenvalue weighted by atomic mass is 16.1. The lowest BCUT2D eigenvalue weighted by molar-refractivity contribution is 0.0579. The Morgan fingerprint density at radius 2 is 1.90 bits per heavy atom. The summed E-state index contributed by atoms with van der Waals surface area (Å²) in [6, 6.07) is 9.73. The van der Waals surface area contributed by atoms with E-state index in [0.717, 1.165) is 29.6 Å². The van der Waals surface area contributed by atoms with Crippen LogP contribution in [0.3, 0.4) is 0 Å². The summed E-state index contributed by atoms with van der Waals surface area (Å²) in [4.78, 5) is 19.6. The van der Waals surface area contributed by atoms with Crippen LogP contribution in [0, 0.1) is 0 Å². The first-order valence-corrected chi connectivity index (χ1v) is 7.74. The van der Waals surface area contributed by atoms with Crippen molar-refractivity contribution < 1.29 is 4.79 Å².